The number of thioether (sulfide) groups is 1. The summed E-state index contributed by atoms with van der Waals surface area (Å²) < 4.78 is 11.4. The number of rotatable bonds is 7. The van der Waals surface area contributed by atoms with Crippen molar-refractivity contribution in [1.29, 1.82) is 0 Å². The predicted octanol–water partition coefficient (Wildman–Crippen LogP) is 5.75. The van der Waals surface area contributed by atoms with Crippen LogP contribution in [0.3, 0.4) is 0 Å². The Bertz CT molecular complexity index is 1020. The largest absolute Gasteiger partial charge is 0.464 e. The van der Waals surface area contributed by atoms with E-state index in [4.69, 9.17) is 9.47 Å². The minimum absolute atomic E-state index is 0.155. The van der Waals surface area contributed by atoms with Gasteiger partial charge in [-0.2, -0.15) is 0 Å². The monoisotopic (exact) mass is 453 g/mol. The lowest BCUT2D eigenvalue weighted by molar-refractivity contribution is -0.148. The van der Waals surface area contributed by atoms with Crippen molar-refractivity contribution in [2.45, 2.75) is 24.8 Å². The molecule has 1 saturated heterocycles. The van der Waals surface area contributed by atoms with Gasteiger partial charge in [-0.25, -0.2) is 4.79 Å². The molecule has 2 aromatic carbocycles. The Morgan fingerprint density at radius 1 is 1.03 bits per heavy atom. The normalized spacial score (nSPS) is 18.0. The number of para-hydroxylation sites is 1. The minimum Gasteiger partial charge on any atom is -0.464 e. The third-order valence-corrected chi connectivity index (χ3v) is 6.99. The predicted molar refractivity (Wildman–Crippen MR) is 124 cm³/mol. The van der Waals surface area contributed by atoms with E-state index in [0.29, 0.717) is 23.0 Å². The molecule has 5 nitrogen and oxygen atoms in total. The van der Waals surface area contributed by atoms with Crippen molar-refractivity contribution in [3.05, 3.63) is 82.6 Å². The Hall–Kier alpha value is -2.77. The van der Waals surface area contributed by atoms with Gasteiger partial charge in [-0.3, -0.25) is 4.79 Å². The van der Waals surface area contributed by atoms with Crippen molar-refractivity contribution in [3.63, 3.8) is 0 Å². The average molecular weight is 454 g/mol. The standard InChI is InChI=1S/C24H23NO4S2/c1-2-13-28-24(27)20-16-31-23(25(20)22(26)21-12-7-14-30-21)17-8-6-11-19(15-17)29-18-9-4-3-5-10-18/h3-12,14-15,20,23H,2,13,16H2,1H3. The molecule has 1 aliphatic rings. The van der Waals surface area contributed by atoms with E-state index in [2.05, 4.69) is 0 Å². The summed E-state index contributed by atoms with van der Waals surface area (Å²) in [6.07, 6.45) is 0.743. The van der Waals surface area contributed by atoms with Gasteiger partial charge in [0.15, 0.2) is 0 Å². The maximum absolute atomic E-state index is 13.3. The van der Waals surface area contributed by atoms with Crippen LogP contribution in [0.1, 0.15) is 34.0 Å². The van der Waals surface area contributed by atoms with Crippen LogP contribution in [0.4, 0.5) is 0 Å². The first kappa shape index (κ1) is 21.5. The van der Waals surface area contributed by atoms with E-state index in [9.17, 15) is 9.59 Å². The number of hydrogen-bond acceptors (Lipinski definition) is 6. The van der Waals surface area contributed by atoms with Crippen LogP contribution in [0.25, 0.3) is 0 Å². The fourth-order valence-electron chi connectivity index (χ4n) is 3.38. The molecule has 4 rings (SSSR count). The first-order chi connectivity index (χ1) is 15.2. The fourth-order valence-corrected chi connectivity index (χ4v) is 5.45. The van der Waals surface area contributed by atoms with Gasteiger partial charge in [0.25, 0.3) is 5.91 Å². The zero-order valence-electron chi connectivity index (χ0n) is 17.1. The van der Waals surface area contributed by atoms with Crippen LogP contribution in [0.5, 0.6) is 11.5 Å². The fraction of sp³-hybridized carbons (Fsp3) is 0.250. The minimum atomic E-state index is -0.616. The highest BCUT2D eigenvalue weighted by Crippen LogP contribution is 2.44. The van der Waals surface area contributed by atoms with Crippen LogP contribution in [0, 0.1) is 0 Å². The van der Waals surface area contributed by atoms with Gasteiger partial charge in [-0.15, -0.1) is 23.1 Å². The number of benzene rings is 2. The van der Waals surface area contributed by atoms with Gasteiger partial charge in [-0.1, -0.05) is 43.3 Å². The lowest BCUT2D eigenvalue weighted by Gasteiger charge is -2.28. The van der Waals surface area contributed by atoms with Crippen molar-refractivity contribution in [3.8, 4) is 11.5 Å². The highest BCUT2D eigenvalue weighted by Gasteiger charge is 2.43. The summed E-state index contributed by atoms with van der Waals surface area (Å²) in [6.45, 7) is 2.30. The summed E-state index contributed by atoms with van der Waals surface area (Å²) in [5, 5.41) is 1.57. The topological polar surface area (TPSA) is 55.8 Å². The molecule has 0 aliphatic carbocycles. The molecule has 160 valence electrons. The molecule has 2 unspecified atom stereocenters. The number of carbonyl (C=O) groups is 2. The Morgan fingerprint density at radius 3 is 2.58 bits per heavy atom. The summed E-state index contributed by atoms with van der Waals surface area (Å²) in [5.74, 6) is 1.42. The molecule has 2 heterocycles. The van der Waals surface area contributed by atoms with Gasteiger partial charge in [0.05, 0.1) is 11.5 Å². The maximum atomic E-state index is 13.3. The van der Waals surface area contributed by atoms with Crippen LogP contribution in [-0.4, -0.2) is 35.2 Å². The van der Waals surface area contributed by atoms with E-state index < -0.39 is 6.04 Å². The molecule has 1 amide bonds. The molecular weight excluding hydrogens is 430 g/mol. The van der Waals surface area contributed by atoms with E-state index in [1.54, 1.807) is 22.7 Å². The number of hydrogen-bond donors (Lipinski definition) is 0. The first-order valence-electron chi connectivity index (χ1n) is 10.1. The maximum Gasteiger partial charge on any atom is 0.329 e. The van der Waals surface area contributed by atoms with Gasteiger partial charge in [0.1, 0.15) is 22.9 Å². The zero-order valence-corrected chi connectivity index (χ0v) is 18.7. The molecule has 0 spiro atoms. The van der Waals surface area contributed by atoms with E-state index in [0.717, 1.165) is 17.7 Å². The molecule has 0 saturated carbocycles. The van der Waals surface area contributed by atoms with Crippen molar-refractivity contribution in [2.75, 3.05) is 12.4 Å². The first-order valence-corrected chi connectivity index (χ1v) is 12.1. The second-order valence-corrected chi connectivity index (χ2v) is 9.11. The summed E-state index contributed by atoms with van der Waals surface area (Å²) >= 11 is 2.94. The summed E-state index contributed by atoms with van der Waals surface area (Å²) in [4.78, 5) is 28.3. The molecule has 2 atom stereocenters. The quantitative estimate of drug-likeness (QED) is 0.426. The summed E-state index contributed by atoms with van der Waals surface area (Å²) in [6, 6.07) is 20.2. The average Bonchev–Trinajstić information content (AvgIpc) is 3.48. The Kier molecular flexibility index (Phi) is 6.94. The molecule has 3 aromatic rings. The summed E-state index contributed by atoms with van der Waals surface area (Å²) in [5.41, 5.74) is 0.911. The Labute approximate surface area is 190 Å². The molecule has 1 aliphatic heterocycles. The number of ether oxygens (including phenoxy) is 2. The van der Waals surface area contributed by atoms with Crippen molar-refractivity contribution in [1.82, 2.24) is 4.90 Å². The zero-order chi connectivity index (χ0) is 21.6. The van der Waals surface area contributed by atoms with Crippen LogP contribution in [0.2, 0.25) is 0 Å². The van der Waals surface area contributed by atoms with E-state index >= 15 is 0 Å². The third-order valence-electron chi connectivity index (χ3n) is 4.81. The lowest BCUT2D eigenvalue weighted by Crippen LogP contribution is -2.43. The number of carbonyl (C=O) groups excluding carboxylic acids is 2. The van der Waals surface area contributed by atoms with Gasteiger partial charge in [-0.05, 0) is 47.7 Å². The molecule has 7 heteroatoms. The number of esters is 1. The van der Waals surface area contributed by atoms with E-state index in [1.807, 2.05) is 73.0 Å². The van der Waals surface area contributed by atoms with E-state index in [-0.39, 0.29) is 17.3 Å². The van der Waals surface area contributed by atoms with Gasteiger partial charge in [0, 0.05) is 5.75 Å². The smallest absolute Gasteiger partial charge is 0.329 e. The van der Waals surface area contributed by atoms with Gasteiger partial charge in [0.2, 0.25) is 0 Å². The van der Waals surface area contributed by atoms with Crippen LogP contribution in [0.15, 0.2) is 72.1 Å². The van der Waals surface area contributed by atoms with Crippen molar-refractivity contribution >= 4 is 35.0 Å². The van der Waals surface area contributed by atoms with Crippen molar-refractivity contribution < 1.29 is 19.1 Å². The Morgan fingerprint density at radius 2 is 1.84 bits per heavy atom. The van der Waals surface area contributed by atoms with Gasteiger partial charge < -0.3 is 14.4 Å². The second kappa shape index (κ2) is 10.0. The highest BCUT2D eigenvalue weighted by molar-refractivity contribution is 7.99. The number of nitrogens with zero attached hydrogens (tertiary/aromatic N) is 1. The molecule has 1 fully saturated rings. The molecular formula is C24H23NO4S2. The van der Waals surface area contributed by atoms with Crippen LogP contribution >= 0.6 is 23.1 Å². The molecule has 1 aromatic heterocycles. The highest BCUT2D eigenvalue weighted by atomic mass is 32.2. The third kappa shape index (κ3) is 4.94. The van der Waals surface area contributed by atoms with Gasteiger partial charge >= 0.3 is 5.97 Å². The van der Waals surface area contributed by atoms with Crippen LogP contribution < -0.4 is 4.74 Å². The SMILES string of the molecule is CCCOC(=O)C1CSC(c2cccc(Oc3ccccc3)c2)N1C(=O)c1cccs1. The summed E-state index contributed by atoms with van der Waals surface area (Å²) in [7, 11) is 0. The molecule has 31 heavy (non-hydrogen) atoms. The number of thiophene rings is 1. The molecule has 0 radical (unpaired) electrons. The number of amides is 1. The van der Waals surface area contributed by atoms with E-state index in [1.165, 1.54) is 11.3 Å². The second-order valence-electron chi connectivity index (χ2n) is 7.05. The molecule has 0 N–H and O–H groups in total. The van der Waals surface area contributed by atoms with Crippen molar-refractivity contribution in [2.24, 2.45) is 0 Å². The van der Waals surface area contributed by atoms with Crippen LogP contribution in [-0.2, 0) is 9.53 Å². The Balaban J connectivity index is 1.62. The molecule has 0 bridgehead atoms. The lowest BCUT2D eigenvalue weighted by atomic mass is 10.1.